The monoisotopic (exact) mass is 279 g/mol. The number of nitrogen functional groups attached to an aromatic ring is 1. The number of hydrogen-bond donors (Lipinski definition) is 2. The minimum Gasteiger partial charge on any atom is -0.467 e. The summed E-state index contributed by atoms with van der Waals surface area (Å²) in [6, 6.07) is 5.72. The first-order chi connectivity index (χ1) is 9.61. The minimum atomic E-state index is -0.727. The molecule has 1 aromatic rings. The highest BCUT2D eigenvalue weighted by molar-refractivity contribution is 5.93. The van der Waals surface area contributed by atoms with Crippen LogP contribution in [0.1, 0.15) is 0 Å². The van der Waals surface area contributed by atoms with Gasteiger partial charge in [0.1, 0.15) is 0 Å². The summed E-state index contributed by atoms with van der Waals surface area (Å²) >= 11 is 0. The Labute approximate surface area is 116 Å². The molecule has 0 saturated carbocycles. The van der Waals surface area contributed by atoms with E-state index in [1.54, 1.807) is 24.3 Å². The predicted molar refractivity (Wildman–Crippen MR) is 73.2 cm³/mol. The van der Waals surface area contributed by atoms with E-state index in [4.69, 9.17) is 10.5 Å². The lowest BCUT2D eigenvalue weighted by atomic mass is 10.2. The van der Waals surface area contributed by atoms with E-state index in [0.29, 0.717) is 24.5 Å². The van der Waals surface area contributed by atoms with Crippen molar-refractivity contribution in [1.29, 1.82) is 0 Å². The maximum Gasteiger partial charge on any atom is 0.331 e. The first kappa shape index (κ1) is 14.1. The Morgan fingerprint density at radius 3 is 3.00 bits per heavy atom. The molecule has 1 aliphatic heterocycles. The number of ether oxygens (including phenoxy) is 2. The number of nitrogens with one attached hydrogen (secondary N) is 1. The van der Waals surface area contributed by atoms with Crippen molar-refractivity contribution in [3.05, 3.63) is 24.3 Å². The van der Waals surface area contributed by atoms with Crippen molar-refractivity contribution in [2.75, 3.05) is 37.9 Å². The fraction of sp³-hybridized carbons (Fsp3) is 0.385. The molecule has 1 unspecified atom stereocenters. The van der Waals surface area contributed by atoms with Gasteiger partial charge in [-0.2, -0.15) is 0 Å². The number of anilines is 2. The van der Waals surface area contributed by atoms with Crippen LogP contribution in [0.15, 0.2) is 24.3 Å². The molecule has 1 fully saturated rings. The smallest absolute Gasteiger partial charge is 0.331 e. The zero-order chi connectivity index (χ0) is 14.5. The zero-order valence-electron chi connectivity index (χ0n) is 11.2. The summed E-state index contributed by atoms with van der Waals surface area (Å²) in [6.07, 6.45) is 0. The second-order valence-electron chi connectivity index (χ2n) is 4.36. The van der Waals surface area contributed by atoms with E-state index in [-0.39, 0.29) is 12.6 Å². The van der Waals surface area contributed by atoms with Crippen LogP contribution in [-0.2, 0) is 14.3 Å². The van der Waals surface area contributed by atoms with Gasteiger partial charge in [0.2, 0.25) is 0 Å². The van der Waals surface area contributed by atoms with Crippen LogP contribution < -0.4 is 11.1 Å². The van der Waals surface area contributed by atoms with Crippen LogP contribution in [0.5, 0.6) is 0 Å². The summed E-state index contributed by atoms with van der Waals surface area (Å²) in [7, 11) is 1.28. The molecule has 0 bridgehead atoms. The fourth-order valence-corrected chi connectivity index (χ4v) is 1.99. The van der Waals surface area contributed by atoms with Crippen molar-refractivity contribution in [3.8, 4) is 0 Å². The zero-order valence-corrected chi connectivity index (χ0v) is 11.2. The highest BCUT2D eigenvalue weighted by Gasteiger charge is 2.33. The molecule has 1 heterocycles. The van der Waals surface area contributed by atoms with Gasteiger partial charge in [0, 0.05) is 17.9 Å². The van der Waals surface area contributed by atoms with Crippen molar-refractivity contribution in [1.82, 2.24) is 4.90 Å². The van der Waals surface area contributed by atoms with E-state index in [1.165, 1.54) is 12.0 Å². The van der Waals surface area contributed by atoms with E-state index in [0.717, 1.165) is 0 Å². The number of nitrogens with zero attached hydrogens (tertiary/aromatic N) is 1. The van der Waals surface area contributed by atoms with E-state index in [1.807, 2.05) is 0 Å². The molecule has 0 spiro atoms. The fourth-order valence-electron chi connectivity index (χ4n) is 1.99. The Morgan fingerprint density at radius 2 is 2.30 bits per heavy atom. The Balaban J connectivity index is 2.08. The number of hydrogen-bond acceptors (Lipinski definition) is 5. The Kier molecular flexibility index (Phi) is 4.41. The molecule has 0 aliphatic carbocycles. The Hall–Kier alpha value is -2.28. The second-order valence-corrected chi connectivity index (χ2v) is 4.36. The third-order valence-corrected chi connectivity index (χ3v) is 3.00. The van der Waals surface area contributed by atoms with Gasteiger partial charge in [-0.1, -0.05) is 6.07 Å². The van der Waals surface area contributed by atoms with Gasteiger partial charge < -0.3 is 25.4 Å². The van der Waals surface area contributed by atoms with Crippen LogP contribution in [-0.4, -0.2) is 49.8 Å². The lowest BCUT2D eigenvalue weighted by Gasteiger charge is -2.33. The van der Waals surface area contributed by atoms with Crippen molar-refractivity contribution in [3.63, 3.8) is 0 Å². The lowest BCUT2D eigenvalue weighted by molar-refractivity contribution is -0.150. The molecule has 0 aromatic heterocycles. The third kappa shape index (κ3) is 3.18. The Bertz CT molecular complexity index is 506. The number of nitrogens with two attached hydrogens (primary N) is 1. The number of morpholine rings is 1. The largest absolute Gasteiger partial charge is 0.467 e. The maximum absolute atomic E-state index is 12.2. The SMILES string of the molecule is COC(=O)C1COCCN1C(=O)Nc1cccc(N)c1. The lowest BCUT2D eigenvalue weighted by Crippen LogP contribution is -2.54. The highest BCUT2D eigenvalue weighted by Crippen LogP contribution is 2.15. The van der Waals surface area contributed by atoms with Gasteiger partial charge in [-0.15, -0.1) is 0 Å². The summed E-state index contributed by atoms with van der Waals surface area (Å²) in [5, 5.41) is 2.71. The van der Waals surface area contributed by atoms with Crippen LogP contribution in [0, 0.1) is 0 Å². The molecule has 2 amide bonds. The number of carbonyl (C=O) groups excluding carboxylic acids is 2. The molecule has 7 heteroatoms. The van der Waals surface area contributed by atoms with Crippen molar-refractivity contribution in [2.45, 2.75) is 6.04 Å². The van der Waals surface area contributed by atoms with Gasteiger partial charge in [0.25, 0.3) is 0 Å². The van der Waals surface area contributed by atoms with Gasteiger partial charge in [-0.05, 0) is 18.2 Å². The van der Waals surface area contributed by atoms with E-state index in [2.05, 4.69) is 10.1 Å². The first-order valence-corrected chi connectivity index (χ1v) is 6.20. The van der Waals surface area contributed by atoms with E-state index in [9.17, 15) is 9.59 Å². The number of carbonyl (C=O) groups is 2. The number of methoxy groups -OCH3 is 1. The molecule has 20 heavy (non-hydrogen) atoms. The van der Waals surface area contributed by atoms with Crippen molar-refractivity contribution >= 4 is 23.4 Å². The van der Waals surface area contributed by atoms with Gasteiger partial charge in [-0.25, -0.2) is 9.59 Å². The molecule has 7 nitrogen and oxygen atoms in total. The first-order valence-electron chi connectivity index (χ1n) is 6.20. The van der Waals surface area contributed by atoms with Crippen LogP contribution in [0.2, 0.25) is 0 Å². The van der Waals surface area contributed by atoms with Crippen LogP contribution >= 0.6 is 0 Å². The number of rotatable bonds is 2. The number of esters is 1. The summed E-state index contributed by atoms with van der Waals surface area (Å²) in [6.45, 7) is 0.850. The maximum atomic E-state index is 12.2. The topological polar surface area (TPSA) is 93.9 Å². The molecular weight excluding hydrogens is 262 g/mol. The van der Waals surface area contributed by atoms with E-state index >= 15 is 0 Å². The molecule has 3 N–H and O–H groups in total. The summed E-state index contributed by atoms with van der Waals surface area (Å²) in [5.74, 6) is -0.493. The second kappa shape index (κ2) is 6.25. The molecule has 2 rings (SSSR count). The molecule has 1 aromatic carbocycles. The molecular formula is C13H17N3O4. The van der Waals surface area contributed by atoms with Gasteiger partial charge >= 0.3 is 12.0 Å². The minimum absolute atomic E-state index is 0.136. The van der Waals surface area contributed by atoms with Crippen LogP contribution in [0.3, 0.4) is 0 Å². The Morgan fingerprint density at radius 1 is 1.50 bits per heavy atom. The summed E-state index contributed by atoms with van der Waals surface area (Å²) in [5.41, 5.74) is 6.78. The quantitative estimate of drug-likeness (QED) is 0.613. The molecule has 1 atom stereocenters. The van der Waals surface area contributed by atoms with E-state index < -0.39 is 12.0 Å². The molecule has 108 valence electrons. The molecule has 0 radical (unpaired) electrons. The molecule has 1 aliphatic rings. The van der Waals surface area contributed by atoms with Crippen LogP contribution in [0.4, 0.5) is 16.2 Å². The summed E-state index contributed by atoms with van der Waals surface area (Å²) < 4.78 is 9.89. The highest BCUT2D eigenvalue weighted by atomic mass is 16.5. The predicted octanol–water partition coefficient (Wildman–Crippen LogP) is 0.674. The standard InChI is InChI=1S/C13H17N3O4/c1-19-12(17)11-8-20-6-5-16(11)13(18)15-10-4-2-3-9(14)7-10/h2-4,7,11H,5-6,8,14H2,1H3,(H,15,18). The summed E-state index contributed by atoms with van der Waals surface area (Å²) in [4.78, 5) is 25.3. The third-order valence-electron chi connectivity index (χ3n) is 3.00. The van der Waals surface area contributed by atoms with Gasteiger partial charge in [0.15, 0.2) is 6.04 Å². The average molecular weight is 279 g/mol. The van der Waals surface area contributed by atoms with Crippen LogP contribution in [0.25, 0.3) is 0 Å². The van der Waals surface area contributed by atoms with Gasteiger partial charge in [0.05, 0.1) is 20.3 Å². The number of amides is 2. The average Bonchev–Trinajstić information content (AvgIpc) is 2.46. The molecule has 1 saturated heterocycles. The number of urea groups is 1. The van der Waals surface area contributed by atoms with Crippen molar-refractivity contribution in [2.24, 2.45) is 0 Å². The van der Waals surface area contributed by atoms with Gasteiger partial charge in [-0.3, -0.25) is 0 Å². The number of benzene rings is 1. The normalized spacial score (nSPS) is 18.4. The van der Waals surface area contributed by atoms with Crippen molar-refractivity contribution < 1.29 is 19.1 Å².